The Bertz CT molecular complexity index is 677. The minimum atomic E-state index is -0.383. The maximum absolute atomic E-state index is 13.2. The van der Waals surface area contributed by atoms with E-state index in [0.717, 1.165) is 42.9 Å². The van der Waals surface area contributed by atoms with Crippen LogP contribution in [0.2, 0.25) is 0 Å². The summed E-state index contributed by atoms with van der Waals surface area (Å²) in [4.78, 5) is 15.0. The molecule has 1 aromatic heterocycles. The Balaban J connectivity index is 1.74. The molecule has 1 fully saturated rings. The summed E-state index contributed by atoms with van der Waals surface area (Å²) in [5.74, 6) is -0.354. The number of nitrogens with zero attached hydrogens (tertiary/aromatic N) is 2. The first kappa shape index (κ1) is 16.6. The lowest BCUT2D eigenvalue weighted by Crippen LogP contribution is -2.42. The lowest BCUT2D eigenvalue weighted by Gasteiger charge is -2.33. The molecule has 1 aromatic carbocycles. The molecule has 1 saturated heterocycles. The quantitative estimate of drug-likeness (QED) is 0.886. The number of likely N-dealkylation sites (tertiary alicyclic amines) is 1. The Hall–Kier alpha value is -2.21. The smallest absolute Gasteiger partial charge is 0.242 e. The molecule has 1 aliphatic heterocycles. The third-order valence-corrected chi connectivity index (χ3v) is 4.39. The van der Waals surface area contributed by atoms with E-state index >= 15 is 0 Å². The van der Waals surface area contributed by atoms with Crippen LogP contribution >= 0.6 is 0 Å². The topological polar surface area (TPSA) is 61.0 Å². The number of H-pyrrole nitrogens is 1. The lowest BCUT2D eigenvalue weighted by molar-refractivity contribution is -0.127. The van der Waals surface area contributed by atoms with Crippen LogP contribution in [-0.4, -0.2) is 34.1 Å². The third kappa shape index (κ3) is 4.00. The van der Waals surface area contributed by atoms with Gasteiger partial charge >= 0.3 is 0 Å². The SMILES string of the molecule is Cc1cc(CNC(=O)C(c2ccc(F)cc2)N2CCCCC2)n[nH]1. The van der Waals surface area contributed by atoms with Crippen molar-refractivity contribution in [1.82, 2.24) is 20.4 Å². The average Bonchev–Trinajstić information content (AvgIpc) is 3.01. The molecule has 128 valence electrons. The highest BCUT2D eigenvalue weighted by molar-refractivity contribution is 5.83. The third-order valence-electron chi connectivity index (χ3n) is 4.39. The summed E-state index contributed by atoms with van der Waals surface area (Å²) in [6.45, 7) is 4.08. The molecule has 0 aliphatic carbocycles. The van der Waals surface area contributed by atoms with E-state index in [4.69, 9.17) is 0 Å². The van der Waals surface area contributed by atoms with Gasteiger partial charge in [0.2, 0.25) is 5.91 Å². The van der Waals surface area contributed by atoms with E-state index in [1.54, 1.807) is 12.1 Å². The molecule has 2 heterocycles. The molecule has 2 N–H and O–H groups in total. The van der Waals surface area contributed by atoms with Crippen molar-refractivity contribution in [3.63, 3.8) is 0 Å². The zero-order valence-electron chi connectivity index (χ0n) is 13.9. The molecule has 0 spiro atoms. The normalized spacial score (nSPS) is 16.8. The summed E-state index contributed by atoms with van der Waals surface area (Å²) in [6, 6.07) is 7.76. The minimum absolute atomic E-state index is 0.0656. The Morgan fingerprint density at radius 1 is 1.29 bits per heavy atom. The number of aromatic nitrogens is 2. The van der Waals surface area contributed by atoms with Gasteiger partial charge in [-0.1, -0.05) is 18.6 Å². The van der Waals surface area contributed by atoms with Crippen LogP contribution < -0.4 is 5.32 Å². The Morgan fingerprint density at radius 2 is 2.00 bits per heavy atom. The highest BCUT2D eigenvalue weighted by Crippen LogP contribution is 2.25. The number of benzene rings is 1. The summed E-state index contributed by atoms with van der Waals surface area (Å²) in [7, 11) is 0. The molecule has 1 aliphatic rings. The van der Waals surface area contributed by atoms with Gasteiger partial charge in [-0.3, -0.25) is 14.8 Å². The van der Waals surface area contributed by atoms with Crippen LogP contribution in [0.15, 0.2) is 30.3 Å². The molecule has 1 unspecified atom stereocenters. The minimum Gasteiger partial charge on any atom is -0.349 e. The van der Waals surface area contributed by atoms with Crippen molar-refractivity contribution in [1.29, 1.82) is 0 Å². The molecule has 3 rings (SSSR count). The van der Waals surface area contributed by atoms with Gasteiger partial charge in [0.1, 0.15) is 11.9 Å². The zero-order valence-corrected chi connectivity index (χ0v) is 13.9. The molecule has 5 nitrogen and oxygen atoms in total. The predicted octanol–water partition coefficient (Wildman–Crippen LogP) is 2.70. The van der Waals surface area contributed by atoms with Crippen LogP contribution in [0, 0.1) is 12.7 Å². The highest BCUT2D eigenvalue weighted by Gasteiger charge is 2.28. The summed E-state index contributed by atoms with van der Waals surface area (Å²) in [5, 5.41) is 9.98. The first-order valence-corrected chi connectivity index (χ1v) is 8.41. The van der Waals surface area contributed by atoms with Crippen molar-refractivity contribution in [3.8, 4) is 0 Å². The molecule has 0 radical (unpaired) electrons. The van der Waals surface area contributed by atoms with E-state index in [2.05, 4.69) is 20.4 Å². The molecule has 0 bridgehead atoms. The number of amides is 1. The van der Waals surface area contributed by atoms with Crippen LogP contribution in [0.1, 0.15) is 42.3 Å². The number of hydrogen-bond acceptors (Lipinski definition) is 3. The molecule has 1 amide bonds. The van der Waals surface area contributed by atoms with Gasteiger partial charge in [-0.25, -0.2) is 4.39 Å². The molecule has 0 saturated carbocycles. The highest BCUT2D eigenvalue weighted by atomic mass is 19.1. The van der Waals surface area contributed by atoms with Gasteiger partial charge in [0, 0.05) is 5.69 Å². The van der Waals surface area contributed by atoms with Crippen LogP contribution in [0.25, 0.3) is 0 Å². The van der Waals surface area contributed by atoms with Crippen LogP contribution in [0.3, 0.4) is 0 Å². The van der Waals surface area contributed by atoms with Gasteiger partial charge in [0.05, 0.1) is 12.2 Å². The van der Waals surface area contributed by atoms with Gasteiger partial charge < -0.3 is 5.32 Å². The standard InChI is InChI=1S/C18H23FN4O/c1-13-11-16(22-21-13)12-20-18(24)17(23-9-3-2-4-10-23)14-5-7-15(19)8-6-14/h5-8,11,17H,2-4,9-10,12H2,1H3,(H,20,24)(H,21,22). The first-order valence-electron chi connectivity index (χ1n) is 8.41. The van der Waals surface area contributed by atoms with E-state index in [1.807, 2.05) is 13.0 Å². The molecule has 2 aromatic rings. The number of piperidine rings is 1. The maximum atomic E-state index is 13.2. The molecule has 6 heteroatoms. The van der Waals surface area contributed by atoms with Gasteiger partial charge in [-0.2, -0.15) is 5.10 Å². The number of aryl methyl sites for hydroxylation is 1. The lowest BCUT2D eigenvalue weighted by atomic mass is 10.0. The van der Waals surface area contributed by atoms with E-state index < -0.39 is 0 Å². The first-order chi connectivity index (χ1) is 11.6. The fraction of sp³-hybridized carbons (Fsp3) is 0.444. The van der Waals surface area contributed by atoms with E-state index in [9.17, 15) is 9.18 Å². The molecule has 24 heavy (non-hydrogen) atoms. The number of halogens is 1. The van der Waals surface area contributed by atoms with Gasteiger partial charge in [0.15, 0.2) is 0 Å². The van der Waals surface area contributed by atoms with Crippen LogP contribution in [-0.2, 0) is 11.3 Å². The molecular formula is C18H23FN4O. The van der Waals surface area contributed by atoms with Crippen molar-refractivity contribution in [2.45, 2.75) is 38.8 Å². The van der Waals surface area contributed by atoms with E-state index in [0.29, 0.717) is 6.54 Å². The average molecular weight is 330 g/mol. The summed E-state index contributed by atoms with van der Waals surface area (Å²) in [5.41, 5.74) is 2.59. The van der Waals surface area contributed by atoms with Crippen molar-refractivity contribution in [2.24, 2.45) is 0 Å². The summed E-state index contributed by atoms with van der Waals surface area (Å²) in [6.07, 6.45) is 3.37. The second-order valence-electron chi connectivity index (χ2n) is 6.31. The fourth-order valence-electron chi connectivity index (χ4n) is 3.19. The van der Waals surface area contributed by atoms with E-state index in [1.165, 1.54) is 18.6 Å². The van der Waals surface area contributed by atoms with Gasteiger partial charge in [-0.15, -0.1) is 0 Å². The monoisotopic (exact) mass is 330 g/mol. The molecule has 1 atom stereocenters. The Morgan fingerprint density at radius 3 is 2.62 bits per heavy atom. The summed E-state index contributed by atoms with van der Waals surface area (Å²) >= 11 is 0. The van der Waals surface area contributed by atoms with Gasteiger partial charge in [-0.05, 0) is 56.6 Å². The van der Waals surface area contributed by atoms with Crippen molar-refractivity contribution in [3.05, 3.63) is 53.1 Å². The van der Waals surface area contributed by atoms with E-state index in [-0.39, 0.29) is 17.8 Å². The number of nitrogens with one attached hydrogen (secondary N) is 2. The van der Waals surface area contributed by atoms with Gasteiger partial charge in [0.25, 0.3) is 0 Å². The maximum Gasteiger partial charge on any atom is 0.242 e. The molecular weight excluding hydrogens is 307 g/mol. The van der Waals surface area contributed by atoms with Crippen LogP contribution in [0.4, 0.5) is 4.39 Å². The summed E-state index contributed by atoms with van der Waals surface area (Å²) < 4.78 is 13.2. The predicted molar refractivity (Wildman–Crippen MR) is 89.7 cm³/mol. The number of carbonyl (C=O) groups is 1. The Kier molecular flexibility index (Phi) is 5.25. The number of aromatic amines is 1. The number of carbonyl (C=O) groups excluding carboxylic acids is 1. The Labute approximate surface area is 141 Å². The number of rotatable bonds is 5. The van der Waals surface area contributed by atoms with Crippen molar-refractivity contribution >= 4 is 5.91 Å². The number of hydrogen-bond donors (Lipinski definition) is 2. The van der Waals surface area contributed by atoms with Crippen LogP contribution in [0.5, 0.6) is 0 Å². The van der Waals surface area contributed by atoms with Crippen molar-refractivity contribution in [2.75, 3.05) is 13.1 Å². The zero-order chi connectivity index (χ0) is 16.9. The fourth-order valence-corrected chi connectivity index (χ4v) is 3.19. The van der Waals surface area contributed by atoms with Crippen molar-refractivity contribution < 1.29 is 9.18 Å². The second-order valence-corrected chi connectivity index (χ2v) is 6.31. The second kappa shape index (κ2) is 7.57. The largest absolute Gasteiger partial charge is 0.349 e.